The molecule has 1 aromatic heterocycles. The van der Waals surface area contributed by atoms with Crippen molar-refractivity contribution in [1.29, 1.82) is 0 Å². The van der Waals surface area contributed by atoms with Crippen molar-refractivity contribution < 1.29 is 0 Å². The summed E-state index contributed by atoms with van der Waals surface area (Å²) >= 11 is 5.60. The number of rotatable bonds is 4. The van der Waals surface area contributed by atoms with Crippen molar-refractivity contribution in [2.24, 2.45) is 0 Å². The molecule has 2 heteroatoms. The van der Waals surface area contributed by atoms with Crippen molar-refractivity contribution in [1.82, 2.24) is 0 Å². The third-order valence-electron chi connectivity index (χ3n) is 5.57. The summed E-state index contributed by atoms with van der Waals surface area (Å²) in [5, 5.41) is 6.00. The van der Waals surface area contributed by atoms with Gasteiger partial charge >= 0.3 is 0 Å². The first-order chi connectivity index (χ1) is 14.7. The van der Waals surface area contributed by atoms with E-state index in [4.69, 9.17) is 0 Å². The Hall–Kier alpha value is -2.94. The van der Waals surface area contributed by atoms with Crippen LogP contribution in [0.15, 0.2) is 95.8 Å². The molecule has 0 nitrogen and oxygen atoms in total. The van der Waals surface area contributed by atoms with Crippen LogP contribution in [-0.4, -0.2) is 0 Å². The van der Waals surface area contributed by atoms with Crippen LogP contribution in [0, 0.1) is 0 Å². The lowest BCUT2D eigenvalue weighted by Crippen LogP contribution is -1.91. The van der Waals surface area contributed by atoms with Gasteiger partial charge in [0.1, 0.15) is 0 Å². The Morgan fingerprint density at radius 3 is 2.13 bits per heavy atom. The highest BCUT2D eigenvalue weighted by atomic mass is 79.9. The van der Waals surface area contributed by atoms with Gasteiger partial charge in [0, 0.05) is 25.5 Å². The van der Waals surface area contributed by atoms with Crippen LogP contribution in [0.5, 0.6) is 0 Å². The minimum atomic E-state index is 1.10. The van der Waals surface area contributed by atoms with Crippen LogP contribution in [0.25, 0.3) is 55.3 Å². The fraction of sp³-hybridized carbons (Fsp3) is 0. The molecule has 0 N–H and O–H groups in total. The molecule has 0 fully saturated rings. The maximum Gasteiger partial charge on any atom is 0.0445 e. The minimum absolute atomic E-state index is 1.10. The largest absolute Gasteiger partial charge is 0.142 e. The van der Waals surface area contributed by atoms with E-state index in [-0.39, 0.29) is 0 Å². The average Bonchev–Trinajstić information content (AvgIpc) is 3.19. The first-order valence-electron chi connectivity index (χ1n) is 9.79. The number of hydrogen-bond donors (Lipinski definition) is 0. The normalized spacial score (nSPS) is 11.1. The fourth-order valence-electron chi connectivity index (χ4n) is 4.21. The van der Waals surface area contributed by atoms with Gasteiger partial charge in [-0.2, -0.15) is 0 Å². The predicted octanol–water partition coefficient (Wildman–Crippen LogP) is 9.44. The molecule has 4 aromatic carbocycles. The van der Waals surface area contributed by atoms with E-state index in [1.165, 1.54) is 43.1 Å². The summed E-state index contributed by atoms with van der Waals surface area (Å²) in [5.41, 5.74) is 7.15. The number of benzene rings is 4. The predicted molar refractivity (Wildman–Crippen MR) is 138 cm³/mol. The lowest BCUT2D eigenvalue weighted by molar-refractivity contribution is 1.59. The molecule has 1 heterocycles. The van der Waals surface area contributed by atoms with E-state index in [2.05, 4.69) is 107 Å². The number of thiophene rings is 1. The van der Waals surface area contributed by atoms with E-state index in [1.807, 2.05) is 12.2 Å². The van der Waals surface area contributed by atoms with Gasteiger partial charge in [0.05, 0.1) is 0 Å². The van der Waals surface area contributed by atoms with E-state index in [0.29, 0.717) is 0 Å². The molecule has 0 saturated carbocycles. The molecule has 5 aromatic rings. The Bertz CT molecular complexity index is 1420. The Balaban J connectivity index is 2.00. The minimum Gasteiger partial charge on any atom is -0.142 e. The summed E-state index contributed by atoms with van der Waals surface area (Å²) in [6.07, 6.45) is 3.79. The third kappa shape index (κ3) is 2.96. The summed E-state index contributed by atoms with van der Waals surface area (Å²) in [6.45, 7) is 7.97. The van der Waals surface area contributed by atoms with Crippen molar-refractivity contribution in [3.63, 3.8) is 0 Å². The maximum absolute atomic E-state index is 4.02. The molecule has 30 heavy (non-hydrogen) atoms. The average molecular weight is 467 g/mol. The molecular formula is C28H19BrS. The first kappa shape index (κ1) is 19.0. The van der Waals surface area contributed by atoms with Gasteiger partial charge < -0.3 is 0 Å². The summed E-state index contributed by atoms with van der Waals surface area (Å²) in [7, 11) is 0. The zero-order chi connectivity index (χ0) is 20.7. The molecule has 0 unspecified atom stereocenters. The maximum atomic E-state index is 4.02. The Kier molecular flexibility index (Phi) is 4.90. The van der Waals surface area contributed by atoms with Gasteiger partial charge in [0.15, 0.2) is 0 Å². The zero-order valence-electron chi connectivity index (χ0n) is 16.4. The topological polar surface area (TPSA) is 0 Å². The Morgan fingerprint density at radius 2 is 1.40 bits per heavy atom. The molecule has 0 atom stereocenters. The van der Waals surface area contributed by atoms with Crippen molar-refractivity contribution in [2.45, 2.75) is 0 Å². The highest BCUT2D eigenvalue weighted by molar-refractivity contribution is 9.10. The highest BCUT2D eigenvalue weighted by Crippen LogP contribution is 2.48. The van der Waals surface area contributed by atoms with Gasteiger partial charge in [0.2, 0.25) is 0 Å². The molecule has 0 bridgehead atoms. The molecule has 5 rings (SSSR count). The number of fused-ring (bicyclic) bond motifs is 3. The van der Waals surface area contributed by atoms with E-state index >= 15 is 0 Å². The summed E-state index contributed by atoms with van der Waals surface area (Å²) < 4.78 is 2.45. The van der Waals surface area contributed by atoms with Crippen LogP contribution in [0.3, 0.4) is 0 Å². The van der Waals surface area contributed by atoms with Crippen molar-refractivity contribution in [2.75, 3.05) is 0 Å². The zero-order valence-corrected chi connectivity index (χ0v) is 18.8. The molecule has 0 amide bonds. The summed E-state index contributed by atoms with van der Waals surface area (Å²) in [6, 6.07) is 26.0. The number of halogens is 1. The smallest absolute Gasteiger partial charge is 0.0445 e. The molecule has 0 saturated heterocycles. The van der Waals surface area contributed by atoms with Crippen LogP contribution in [0.4, 0.5) is 0 Å². The monoisotopic (exact) mass is 466 g/mol. The SMILES string of the molecule is C=Cc1ccc(-c2c(-c3ccccc3)c3scc(Br)c3c3ccccc23)cc1C=C. The van der Waals surface area contributed by atoms with Crippen LogP contribution < -0.4 is 0 Å². The summed E-state index contributed by atoms with van der Waals surface area (Å²) in [5.74, 6) is 0. The van der Waals surface area contributed by atoms with Crippen LogP contribution in [0.1, 0.15) is 11.1 Å². The van der Waals surface area contributed by atoms with E-state index in [0.717, 1.165) is 15.6 Å². The Morgan fingerprint density at radius 1 is 0.700 bits per heavy atom. The highest BCUT2D eigenvalue weighted by Gasteiger charge is 2.20. The second-order valence-electron chi connectivity index (χ2n) is 7.20. The quantitative estimate of drug-likeness (QED) is 0.247. The molecule has 144 valence electrons. The second kappa shape index (κ2) is 7.71. The van der Waals surface area contributed by atoms with Crippen molar-refractivity contribution >= 4 is 60.3 Å². The lowest BCUT2D eigenvalue weighted by Gasteiger charge is -2.17. The van der Waals surface area contributed by atoms with Crippen LogP contribution in [-0.2, 0) is 0 Å². The van der Waals surface area contributed by atoms with Gasteiger partial charge in [-0.3, -0.25) is 0 Å². The second-order valence-corrected chi connectivity index (χ2v) is 8.94. The summed E-state index contributed by atoms with van der Waals surface area (Å²) in [4.78, 5) is 0. The third-order valence-corrected chi connectivity index (χ3v) is 7.49. The van der Waals surface area contributed by atoms with Crippen LogP contribution >= 0.6 is 27.3 Å². The van der Waals surface area contributed by atoms with E-state index < -0.39 is 0 Å². The first-order valence-corrected chi connectivity index (χ1v) is 11.5. The fourth-order valence-corrected chi connectivity index (χ4v) is 6.05. The van der Waals surface area contributed by atoms with E-state index in [1.54, 1.807) is 11.3 Å². The molecule has 0 aliphatic heterocycles. The number of hydrogen-bond acceptors (Lipinski definition) is 1. The molecule has 0 aliphatic carbocycles. The van der Waals surface area contributed by atoms with Gasteiger partial charge in [-0.15, -0.1) is 11.3 Å². The lowest BCUT2D eigenvalue weighted by atomic mass is 9.87. The molecule has 0 aliphatic rings. The van der Waals surface area contributed by atoms with Crippen LogP contribution in [0.2, 0.25) is 0 Å². The van der Waals surface area contributed by atoms with Gasteiger partial charge in [-0.25, -0.2) is 0 Å². The molecular weight excluding hydrogens is 448 g/mol. The van der Waals surface area contributed by atoms with Crippen molar-refractivity contribution in [3.8, 4) is 22.3 Å². The van der Waals surface area contributed by atoms with Gasteiger partial charge in [0.25, 0.3) is 0 Å². The van der Waals surface area contributed by atoms with E-state index in [9.17, 15) is 0 Å². The Labute approximate surface area is 188 Å². The van der Waals surface area contributed by atoms with Gasteiger partial charge in [-0.1, -0.05) is 92.0 Å². The van der Waals surface area contributed by atoms with Crippen molar-refractivity contribution in [3.05, 3.63) is 107 Å². The van der Waals surface area contributed by atoms with Gasteiger partial charge in [-0.05, 0) is 60.6 Å². The standard InChI is InChI=1S/C28H19BrS/c1-3-18-14-15-21(16-19(18)4-2)25-22-12-8-9-13-23(22)27-24(29)17-30-28(27)26(25)20-10-6-5-7-11-20/h3-17H,1-2H2. The molecule has 0 spiro atoms. The molecule has 0 radical (unpaired) electrons.